The van der Waals surface area contributed by atoms with Gasteiger partial charge in [-0.3, -0.25) is 14.8 Å². The molecule has 14 heavy (non-hydrogen) atoms. The van der Waals surface area contributed by atoms with Crippen LogP contribution in [0.5, 0.6) is 0 Å². The molecule has 0 aromatic carbocycles. The second kappa shape index (κ2) is 3.38. The van der Waals surface area contributed by atoms with E-state index < -0.39 is 0 Å². The summed E-state index contributed by atoms with van der Waals surface area (Å²) >= 11 is 0. The van der Waals surface area contributed by atoms with Gasteiger partial charge in [-0.15, -0.1) is 0 Å². The van der Waals surface area contributed by atoms with Crippen molar-refractivity contribution in [1.29, 1.82) is 0 Å². The first-order chi connectivity index (χ1) is 6.70. The lowest BCUT2D eigenvalue weighted by molar-refractivity contribution is -0.385. The Kier molecular flexibility index (Phi) is 2.20. The van der Waals surface area contributed by atoms with E-state index in [-0.39, 0.29) is 16.7 Å². The molecule has 1 aliphatic rings. The molecule has 1 fully saturated rings. The van der Waals surface area contributed by atoms with E-state index in [4.69, 9.17) is 0 Å². The van der Waals surface area contributed by atoms with Crippen molar-refractivity contribution in [2.24, 2.45) is 0 Å². The summed E-state index contributed by atoms with van der Waals surface area (Å²) in [6.07, 6.45) is 2.31. The van der Waals surface area contributed by atoms with E-state index in [2.05, 4.69) is 10.4 Å². The molecule has 2 heterocycles. The van der Waals surface area contributed by atoms with Crippen molar-refractivity contribution in [3.05, 3.63) is 22.0 Å². The van der Waals surface area contributed by atoms with Crippen molar-refractivity contribution in [2.75, 3.05) is 13.1 Å². The van der Waals surface area contributed by atoms with Crippen LogP contribution in [0.25, 0.3) is 0 Å². The lowest BCUT2D eigenvalue weighted by atomic mass is 10.2. The third-order valence-electron chi connectivity index (χ3n) is 2.60. The second-order valence-corrected chi connectivity index (χ2v) is 3.46. The first kappa shape index (κ1) is 9.14. The van der Waals surface area contributed by atoms with Crippen molar-refractivity contribution < 1.29 is 4.92 Å². The SMILES string of the molecule is Cc1c([N+](=O)[O-])cnn1C1CCNC1. The molecule has 0 radical (unpaired) electrons. The summed E-state index contributed by atoms with van der Waals surface area (Å²) in [7, 11) is 0. The van der Waals surface area contributed by atoms with Gasteiger partial charge in [0.25, 0.3) is 0 Å². The smallest absolute Gasteiger partial charge is 0.309 e. The average Bonchev–Trinajstić information content (AvgIpc) is 2.71. The third kappa shape index (κ3) is 1.37. The Balaban J connectivity index is 2.30. The molecule has 1 aromatic rings. The first-order valence-electron chi connectivity index (χ1n) is 4.59. The maximum atomic E-state index is 10.6. The summed E-state index contributed by atoms with van der Waals surface area (Å²) in [5.41, 5.74) is 0.751. The summed E-state index contributed by atoms with van der Waals surface area (Å²) in [6, 6.07) is 0.267. The third-order valence-corrected chi connectivity index (χ3v) is 2.60. The van der Waals surface area contributed by atoms with Crippen molar-refractivity contribution in [2.45, 2.75) is 19.4 Å². The molecule has 76 valence electrons. The Morgan fingerprint density at radius 2 is 2.57 bits per heavy atom. The molecular weight excluding hydrogens is 184 g/mol. The van der Waals surface area contributed by atoms with Gasteiger partial charge < -0.3 is 5.32 Å². The highest BCUT2D eigenvalue weighted by atomic mass is 16.6. The lowest BCUT2D eigenvalue weighted by Gasteiger charge is -2.09. The molecule has 0 amide bonds. The molecule has 1 aromatic heterocycles. The van der Waals surface area contributed by atoms with Crippen molar-refractivity contribution in [3.63, 3.8) is 0 Å². The second-order valence-electron chi connectivity index (χ2n) is 3.46. The topological polar surface area (TPSA) is 73.0 Å². The molecular formula is C8H12N4O2. The van der Waals surface area contributed by atoms with Crippen molar-refractivity contribution >= 4 is 5.69 Å². The normalized spacial score (nSPS) is 21.4. The Morgan fingerprint density at radius 1 is 1.79 bits per heavy atom. The van der Waals surface area contributed by atoms with Crippen LogP contribution >= 0.6 is 0 Å². The largest absolute Gasteiger partial charge is 0.315 e. The fraction of sp³-hybridized carbons (Fsp3) is 0.625. The Morgan fingerprint density at radius 3 is 3.07 bits per heavy atom. The maximum Gasteiger partial charge on any atom is 0.309 e. The number of hydrogen-bond donors (Lipinski definition) is 1. The van der Waals surface area contributed by atoms with Gasteiger partial charge in [0.05, 0.1) is 11.0 Å². The van der Waals surface area contributed by atoms with Crippen molar-refractivity contribution in [3.8, 4) is 0 Å². The van der Waals surface area contributed by atoms with Crippen LogP contribution in [0, 0.1) is 17.0 Å². The van der Waals surface area contributed by atoms with Gasteiger partial charge in [0.15, 0.2) is 0 Å². The van der Waals surface area contributed by atoms with Gasteiger partial charge in [-0.25, -0.2) is 0 Å². The standard InChI is InChI=1S/C8H12N4O2/c1-6-8(12(13)14)5-10-11(6)7-2-3-9-4-7/h5,7,9H,2-4H2,1H3. The quantitative estimate of drug-likeness (QED) is 0.556. The van der Waals surface area contributed by atoms with E-state index in [1.807, 2.05) is 0 Å². The van der Waals surface area contributed by atoms with Crippen LogP contribution in [0.3, 0.4) is 0 Å². The zero-order valence-electron chi connectivity index (χ0n) is 7.93. The zero-order chi connectivity index (χ0) is 10.1. The van der Waals surface area contributed by atoms with Gasteiger partial charge in [-0.05, 0) is 19.9 Å². The number of nitro groups is 1. The molecule has 1 unspecified atom stereocenters. The highest BCUT2D eigenvalue weighted by Crippen LogP contribution is 2.22. The molecule has 0 saturated carbocycles. The minimum Gasteiger partial charge on any atom is -0.315 e. The molecule has 6 nitrogen and oxygen atoms in total. The van der Waals surface area contributed by atoms with Crippen LogP contribution in [-0.4, -0.2) is 27.8 Å². The minimum atomic E-state index is -0.388. The zero-order valence-corrected chi connectivity index (χ0v) is 7.93. The van der Waals surface area contributed by atoms with Gasteiger partial charge in [-0.1, -0.05) is 0 Å². The summed E-state index contributed by atoms with van der Waals surface area (Å²) in [4.78, 5) is 10.2. The van der Waals surface area contributed by atoms with Gasteiger partial charge in [0.2, 0.25) is 0 Å². The fourth-order valence-electron chi connectivity index (χ4n) is 1.81. The molecule has 1 atom stereocenters. The summed E-state index contributed by atoms with van der Waals surface area (Å²) in [5.74, 6) is 0. The Bertz CT molecular complexity index is 354. The molecule has 0 spiro atoms. The first-order valence-corrected chi connectivity index (χ1v) is 4.59. The summed E-state index contributed by atoms with van der Waals surface area (Å²) in [5, 5.41) is 17.8. The molecule has 0 aliphatic carbocycles. The number of hydrogen-bond acceptors (Lipinski definition) is 4. The van der Waals surface area contributed by atoms with E-state index >= 15 is 0 Å². The summed E-state index contributed by atoms with van der Waals surface area (Å²) < 4.78 is 1.75. The minimum absolute atomic E-state index is 0.108. The van der Waals surface area contributed by atoms with E-state index in [1.54, 1.807) is 11.6 Å². The van der Waals surface area contributed by atoms with Gasteiger partial charge in [-0.2, -0.15) is 5.10 Å². The predicted molar refractivity (Wildman–Crippen MR) is 50.1 cm³/mol. The molecule has 0 bridgehead atoms. The Hall–Kier alpha value is -1.43. The molecule has 6 heteroatoms. The monoisotopic (exact) mass is 196 g/mol. The maximum absolute atomic E-state index is 10.6. The predicted octanol–water partition coefficient (Wildman–Crippen LogP) is 0.634. The fourth-order valence-corrected chi connectivity index (χ4v) is 1.81. The highest BCUT2D eigenvalue weighted by Gasteiger charge is 2.23. The van der Waals surface area contributed by atoms with E-state index in [9.17, 15) is 10.1 Å². The number of aromatic nitrogens is 2. The highest BCUT2D eigenvalue weighted by molar-refractivity contribution is 5.32. The van der Waals surface area contributed by atoms with Crippen LogP contribution in [0.2, 0.25) is 0 Å². The van der Waals surface area contributed by atoms with Crippen LogP contribution in [0.1, 0.15) is 18.2 Å². The van der Waals surface area contributed by atoms with Crippen LogP contribution in [0.15, 0.2) is 6.20 Å². The van der Waals surface area contributed by atoms with Gasteiger partial charge in [0.1, 0.15) is 11.9 Å². The molecule has 1 N–H and O–H groups in total. The van der Waals surface area contributed by atoms with Crippen molar-refractivity contribution in [1.82, 2.24) is 15.1 Å². The average molecular weight is 196 g/mol. The van der Waals surface area contributed by atoms with E-state index in [0.29, 0.717) is 5.69 Å². The van der Waals surface area contributed by atoms with Gasteiger partial charge in [0, 0.05) is 6.54 Å². The number of nitrogens with one attached hydrogen (secondary N) is 1. The van der Waals surface area contributed by atoms with Gasteiger partial charge >= 0.3 is 5.69 Å². The summed E-state index contributed by atoms with van der Waals surface area (Å²) in [6.45, 7) is 3.54. The molecule has 2 rings (SSSR count). The van der Waals surface area contributed by atoms with E-state index in [1.165, 1.54) is 6.20 Å². The molecule has 1 aliphatic heterocycles. The van der Waals surface area contributed by atoms with Crippen LogP contribution in [-0.2, 0) is 0 Å². The lowest BCUT2D eigenvalue weighted by Crippen LogP contribution is -2.15. The number of rotatable bonds is 2. The number of nitrogens with zero attached hydrogens (tertiary/aromatic N) is 3. The molecule has 1 saturated heterocycles. The van der Waals surface area contributed by atoms with Crippen LogP contribution in [0.4, 0.5) is 5.69 Å². The van der Waals surface area contributed by atoms with E-state index in [0.717, 1.165) is 19.5 Å². The Labute approximate surface area is 81.1 Å². The van der Waals surface area contributed by atoms with Crippen LogP contribution < -0.4 is 5.32 Å².